The van der Waals surface area contributed by atoms with E-state index in [4.69, 9.17) is 14.2 Å². The predicted octanol–water partition coefficient (Wildman–Crippen LogP) is 15.5. The minimum absolute atomic E-state index is 0.115. The Morgan fingerprint density at radius 1 is 0.286 bits per heavy atom. The van der Waals surface area contributed by atoms with Gasteiger partial charge in [-0.25, -0.2) is 0 Å². The van der Waals surface area contributed by atoms with Crippen molar-refractivity contribution in [2.45, 2.75) is 278 Å². The largest absolute Gasteiger partial charge is 0.466 e. The van der Waals surface area contributed by atoms with Crippen molar-refractivity contribution in [1.82, 2.24) is 9.80 Å². The Balaban J connectivity index is 4.36. The van der Waals surface area contributed by atoms with Crippen LogP contribution >= 0.6 is 0 Å². The molecule has 0 radical (unpaired) electrons. The molecule has 63 heavy (non-hydrogen) atoms. The first-order valence-electron chi connectivity index (χ1n) is 27.8. The highest BCUT2D eigenvalue weighted by atomic mass is 16.5. The summed E-state index contributed by atoms with van der Waals surface area (Å²) < 4.78 is 16.7. The lowest BCUT2D eigenvalue weighted by atomic mass is 10.1. The van der Waals surface area contributed by atoms with E-state index in [0.717, 1.165) is 58.0 Å². The summed E-state index contributed by atoms with van der Waals surface area (Å²) in [6, 6.07) is 0. The lowest BCUT2D eigenvalue weighted by Gasteiger charge is -2.23. The monoisotopic (exact) mass is 893 g/mol. The molecule has 0 aromatic heterocycles. The lowest BCUT2D eigenvalue weighted by Crippen LogP contribution is -2.33. The van der Waals surface area contributed by atoms with E-state index < -0.39 is 0 Å². The Kier molecular flexibility index (Phi) is 50.0. The van der Waals surface area contributed by atoms with Crippen LogP contribution in [0.2, 0.25) is 0 Å². The van der Waals surface area contributed by atoms with Gasteiger partial charge < -0.3 is 24.0 Å². The van der Waals surface area contributed by atoms with Crippen molar-refractivity contribution in [1.29, 1.82) is 0 Å². The molecule has 0 N–H and O–H groups in total. The molecule has 0 bridgehead atoms. The van der Waals surface area contributed by atoms with Gasteiger partial charge in [-0.15, -0.1) is 0 Å². The van der Waals surface area contributed by atoms with Crippen LogP contribution in [0.1, 0.15) is 278 Å². The second kappa shape index (κ2) is 51.3. The van der Waals surface area contributed by atoms with Crippen molar-refractivity contribution in [3.63, 3.8) is 0 Å². The SMILES string of the molecule is CCCCCCCCCCCCCCOC(=O)CCN(C)CCCN(CCC(=O)OCCCCCCCCCCCCCC)CCC(=O)OCCCCCCCCCCCCCC. The van der Waals surface area contributed by atoms with Gasteiger partial charge >= 0.3 is 17.9 Å². The standard InChI is InChI=1S/C55H108N2O6/c1-5-8-11-14-17-20-23-26-29-32-35-38-50-61-53(58)42-47-56(4)45-41-46-57(48-43-54(59)62-51-39-36-33-30-27-24-21-18-15-12-9-6-2)49-44-55(60)63-52-40-37-34-31-28-25-22-19-16-13-10-7-3/h5-52H2,1-4H3. The molecule has 0 rings (SSSR count). The summed E-state index contributed by atoms with van der Waals surface area (Å²) in [7, 11) is 2.04. The molecule has 0 aromatic carbocycles. The Morgan fingerprint density at radius 2 is 0.524 bits per heavy atom. The highest BCUT2D eigenvalue weighted by Gasteiger charge is 2.14. The number of carbonyl (C=O) groups is 3. The number of carbonyl (C=O) groups excluding carboxylic acids is 3. The number of nitrogens with zero attached hydrogens (tertiary/aromatic N) is 2. The normalized spacial score (nSPS) is 11.5. The number of esters is 3. The molecule has 0 aliphatic heterocycles. The summed E-state index contributed by atoms with van der Waals surface area (Å²) in [5.74, 6) is -0.427. The lowest BCUT2D eigenvalue weighted by molar-refractivity contribution is -0.145. The Labute approximate surface area is 392 Å². The van der Waals surface area contributed by atoms with E-state index in [1.165, 1.54) is 193 Å². The summed E-state index contributed by atoms with van der Waals surface area (Å²) in [4.78, 5) is 42.1. The average Bonchev–Trinajstić information content (AvgIpc) is 3.28. The van der Waals surface area contributed by atoms with Gasteiger partial charge in [-0.2, -0.15) is 0 Å². The van der Waals surface area contributed by atoms with Gasteiger partial charge in [0.05, 0.1) is 39.1 Å². The molecule has 374 valence electrons. The summed E-state index contributed by atoms with van der Waals surface area (Å²) in [6.07, 6.45) is 48.3. The van der Waals surface area contributed by atoms with Crippen LogP contribution in [0.15, 0.2) is 0 Å². The third kappa shape index (κ3) is 49.6. The Morgan fingerprint density at radius 3 is 0.794 bits per heavy atom. The van der Waals surface area contributed by atoms with Gasteiger partial charge in [0.2, 0.25) is 0 Å². The molecule has 0 heterocycles. The molecule has 8 nitrogen and oxygen atoms in total. The minimum atomic E-state index is -0.156. The second-order valence-corrected chi connectivity index (χ2v) is 19.1. The number of ether oxygens (including phenoxy) is 3. The zero-order valence-electron chi connectivity index (χ0n) is 42.8. The fourth-order valence-corrected chi connectivity index (χ4v) is 8.40. The van der Waals surface area contributed by atoms with Crippen molar-refractivity contribution in [3.8, 4) is 0 Å². The fourth-order valence-electron chi connectivity index (χ4n) is 8.40. The first-order chi connectivity index (χ1) is 30.9. The minimum Gasteiger partial charge on any atom is -0.466 e. The number of unbranched alkanes of at least 4 members (excludes halogenated alkanes) is 33. The van der Waals surface area contributed by atoms with Crippen molar-refractivity contribution in [3.05, 3.63) is 0 Å². The molecule has 0 unspecified atom stereocenters. The average molecular weight is 893 g/mol. The van der Waals surface area contributed by atoms with Gasteiger partial charge in [0.1, 0.15) is 0 Å². The summed E-state index contributed by atoms with van der Waals surface area (Å²) in [5.41, 5.74) is 0. The van der Waals surface area contributed by atoms with Crippen molar-refractivity contribution >= 4 is 17.9 Å². The molecule has 0 atom stereocenters. The fraction of sp³-hybridized carbons (Fsp3) is 0.945. The van der Waals surface area contributed by atoms with Crippen LogP contribution in [0, 0.1) is 0 Å². The summed E-state index contributed by atoms with van der Waals surface area (Å²) in [6.45, 7) is 11.7. The molecule has 0 fully saturated rings. The molecule has 0 amide bonds. The maximum absolute atomic E-state index is 12.7. The molecule has 0 saturated carbocycles. The van der Waals surface area contributed by atoms with Gasteiger partial charge in [-0.1, -0.05) is 233 Å². The van der Waals surface area contributed by atoms with Crippen LogP contribution in [0.25, 0.3) is 0 Å². The van der Waals surface area contributed by atoms with E-state index in [1.807, 2.05) is 7.05 Å². The van der Waals surface area contributed by atoms with Crippen LogP contribution in [0.5, 0.6) is 0 Å². The highest BCUT2D eigenvalue weighted by Crippen LogP contribution is 2.15. The molecular weight excluding hydrogens is 785 g/mol. The summed E-state index contributed by atoms with van der Waals surface area (Å²) >= 11 is 0. The maximum atomic E-state index is 12.7. The number of hydrogen-bond donors (Lipinski definition) is 0. The van der Waals surface area contributed by atoms with E-state index in [-0.39, 0.29) is 17.9 Å². The molecular formula is C55H108N2O6. The maximum Gasteiger partial charge on any atom is 0.307 e. The first-order valence-corrected chi connectivity index (χ1v) is 27.8. The third-order valence-electron chi connectivity index (χ3n) is 12.8. The predicted molar refractivity (Wildman–Crippen MR) is 269 cm³/mol. The van der Waals surface area contributed by atoms with E-state index in [2.05, 4.69) is 30.6 Å². The van der Waals surface area contributed by atoms with Crippen molar-refractivity contribution in [2.24, 2.45) is 0 Å². The molecule has 0 aromatic rings. The molecule has 0 aliphatic carbocycles. The molecule has 8 heteroatoms. The smallest absolute Gasteiger partial charge is 0.307 e. The van der Waals surface area contributed by atoms with Crippen LogP contribution in [0.3, 0.4) is 0 Å². The number of hydrogen-bond acceptors (Lipinski definition) is 8. The van der Waals surface area contributed by atoms with Crippen molar-refractivity contribution in [2.75, 3.05) is 59.6 Å². The van der Waals surface area contributed by atoms with Gasteiger partial charge in [0.25, 0.3) is 0 Å². The second-order valence-electron chi connectivity index (χ2n) is 19.1. The zero-order chi connectivity index (χ0) is 45.9. The van der Waals surface area contributed by atoms with Crippen LogP contribution in [0.4, 0.5) is 0 Å². The van der Waals surface area contributed by atoms with Crippen LogP contribution < -0.4 is 0 Å². The quantitative estimate of drug-likeness (QED) is 0.0339. The van der Waals surface area contributed by atoms with Gasteiger partial charge in [0, 0.05) is 19.6 Å². The van der Waals surface area contributed by atoms with E-state index >= 15 is 0 Å². The zero-order valence-corrected chi connectivity index (χ0v) is 42.8. The van der Waals surface area contributed by atoms with Gasteiger partial charge in [-0.05, 0) is 45.8 Å². The van der Waals surface area contributed by atoms with E-state index in [1.54, 1.807) is 0 Å². The van der Waals surface area contributed by atoms with Gasteiger partial charge in [0.15, 0.2) is 0 Å². The Bertz CT molecular complexity index is 917. The Hall–Kier alpha value is -1.67. The third-order valence-corrected chi connectivity index (χ3v) is 12.8. The van der Waals surface area contributed by atoms with E-state index in [0.29, 0.717) is 58.7 Å². The summed E-state index contributed by atoms with van der Waals surface area (Å²) in [5, 5.41) is 0. The van der Waals surface area contributed by atoms with Crippen LogP contribution in [-0.2, 0) is 28.6 Å². The molecule has 0 aliphatic rings. The highest BCUT2D eigenvalue weighted by molar-refractivity contribution is 5.70. The number of rotatable bonds is 52. The molecule has 0 saturated heterocycles. The van der Waals surface area contributed by atoms with Crippen molar-refractivity contribution < 1.29 is 28.6 Å². The first kappa shape index (κ1) is 61.3. The van der Waals surface area contributed by atoms with Gasteiger partial charge in [-0.3, -0.25) is 14.4 Å². The van der Waals surface area contributed by atoms with E-state index in [9.17, 15) is 14.4 Å². The topological polar surface area (TPSA) is 85.4 Å². The van der Waals surface area contributed by atoms with Crippen LogP contribution in [-0.4, -0.2) is 87.3 Å². The molecule has 0 spiro atoms.